The first kappa shape index (κ1) is 12.6. The summed E-state index contributed by atoms with van der Waals surface area (Å²) in [5.41, 5.74) is 0. The molecular formula is C9H12ClF3O2. The molecule has 0 aliphatic heterocycles. The van der Waals surface area contributed by atoms with Crippen LogP contribution in [0.4, 0.5) is 13.2 Å². The Labute approximate surface area is 90.7 Å². The Kier molecular flexibility index (Phi) is 3.24. The average molecular weight is 245 g/mol. The van der Waals surface area contributed by atoms with E-state index in [-0.39, 0.29) is 12.8 Å². The standard InChI is InChI=1S/C9H12ClF3O2/c1-8(2,10)7(14)15-6-3-5(4-6)9(11,12)13/h5-6H,3-4H2,1-2H3/t5-,6-. The molecule has 0 heterocycles. The van der Waals surface area contributed by atoms with E-state index in [1.807, 2.05) is 0 Å². The fourth-order valence-corrected chi connectivity index (χ4v) is 1.27. The summed E-state index contributed by atoms with van der Waals surface area (Å²) in [5, 5.41) is 0. The van der Waals surface area contributed by atoms with Crippen LogP contribution in [0.2, 0.25) is 0 Å². The molecule has 0 atom stereocenters. The molecule has 88 valence electrons. The summed E-state index contributed by atoms with van der Waals surface area (Å²) in [6, 6.07) is 0. The lowest BCUT2D eigenvalue weighted by Crippen LogP contribution is -2.43. The molecule has 0 N–H and O–H groups in total. The highest BCUT2D eigenvalue weighted by Gasteiger charge is 2.49. The van der Waals surface area contributed by atoms with Crippen molar-refractivity contribution in [3.63, 3.8) is 0 Å². The summed E-state index contributed by atoms with van der Waals surface area (Å²) in [5.74, 6) is -2.01. The van der Waals surface area contributed by atoms with Crippen LogP contribution in [0.25, 0.3) is 0 Å². The molecule has 0 unspecified atom stereocenters. The SMILES string of the molecule is CC(C)(Cl)C(=O)O[C@H]1C[C@H](C(F)(F)F)C1. The third-order valence-electron chi connectivity index (χ3n) is 2.32. The molecule has 0 aromatic rings. The highest BCUT2D eigenvalue weighted by atomic mass is 35.5. The van der Waals surface area contributed by atoms with Crippen LogP contribution in [-0.4, -0.2) is 23.1 Å². The topological polar surface area (TPSA) is 26.3 Å². The molecule has 6 heteroatoms. The fraction of sp³-hybridized carbons (Fsp3) is 0.889. The van der Waals surface area contributed by atoms with Gasteiger partial charge in [-0.1, -0.05) is 0 Å². The predicted octanol–water partition coefficient (Wildman–Crippen LogP) is 2.89. The van der Waals surface area contributed by atoms with E-state index in [0.717, 1.165) is 0 Å². The van der Waals surface area contributed by atoms with Crippen LogP contribution >= 0.6 is 11.6 Å². The number of carbonyl (C=O) groups is 1. The minimum atomic E-state index is -4.18. The Balaban J connectivity index is 2.33. The summed E-state index contributed by atoms with van der Waals surface area (Å²) in [6.45, 7) is 2.88. The van der Waals surface area contributed by atoms with Crippen LogP contribution in [0, 0.1) is 5.92 Å². The number of ether oxygens (including phenoxy) is 1. The third-order valence-corrected chi connectivity index (χ3v) is 2.47. The zero-order valence-corrected chi connectivity index (χ0v) is 9.15. The number of carbonyl (C=O) groups excluding carboxylic acids is 1. The molecule has 1 aliphatic rings. The number of rotatable bonds is 2. The first-order valence-corrected chi connectivity index (χ1v) is 4.95. The maximum atomic E-state index is 12.1. The smallest absolute Gasteiger partial charge is 0.392 e. The van der Waals surface area contributed by atoms with Gasteiger partial charge < -0.3 is 4.74 Å². The molecule has 0 radical (unpaired) electrons. The molecule has 1 aliphatic carbocycles. The minimum absolute atomic E-state index is 0.151. The maximum absolute atomic E-state index is 12.1. The first-order chi connectivity index (χ1) is 6.60. The number of alkyl halides is 4. The zero-order chi connectivity index (χ0) is 11.9. The summed E-state index contributed by atoms with van der Waals surface area (Å²) in [7, 11) is 0. The van der Waals surface area contributed by atoms with Crippen molar-refractivity contribution in [2.75, 3.05) is 0 Å². The molecule has 0 amide bonds. The fourth-order valence-electron chi connectivity index (χ4n) is 1.22. The van der Waals surface area contributed by atoms with Crippen molar-refractivity contribution >= 4 is 17.6 Å². The third kappa shape index (κ3) is 3.26. The van der Waals surface area contributed by atoms with Crippen LogP contribution in [0.1, 0.15) is 26.7 Å². The molecule has 1 saturated carbocycles. The van der Waals surface area contributed by atoms with Crippen LogP contribution < -0.4 is 0 Å². The largest absolute Gasteiger partial charge is 0.461 e. The van der Waals surface area contributed by atoms with E-state index in [0.29, 0.717) is 0 Å². The van der Waals surface area contributed by atoms with Gasteiger partial charge in [-0.2, -0.15) is 13.2 Å². The lowest BCUT2D eigenvalue weighted by atomic mass is 9.82. The van der Waals surface area contributed by atoms with Gasteiger partial charge in [0, 0.05) is 0 Å². The van der Waals surface area contributed by atoms with Crippen molar-refractivity contribution in [1.82, 2.24) is 0 Å². The number of hydrogen-bond acceptors (Lipinski definition) is 2. The highest BCUT2D eigenvalue weighted by molar-refractivity contribution is 6.33. The van der Waals surface area contributed by atoms with Crippen LogP contribution in [0.5, 0.6) is 0 Å². The Morgan fingerprint density at radius 1 is 1.33 bits per heavy atom. The lowest BCUT2D eigenvalue weighted by Gasteiger charge is -2.36. The van der Waals surface area contributed by atoms with Crippen molar-refractivity contribution in [2.45, 2.75) is 43.8 Å². The van der Waals surface area contributed by atoms with Gasteiger partial charge in [-0.15, -0.1) is 11.6 Å². The second-order valence-electron chi connectivity index (χ2n) is 4.21. The van der Waals surface area contributed by atoms with Crippen molar-refractivity contribution in [2.24, 2.45) is 5.92 Å². The summed E-state index contributed by atoms with van der Waals surface area (Å²) >= 11 is 5.64. The van der Waals surface area contributed by atoms with Crippen molar-refractivity contribution in [3.8, 4) is 0 Å². The molecular weight excluding hydrogens is 233 g/mol. The van der Waals surface area contributed by atoms with E-state index in [1.165, 1.54) is 13.8 Å². The number of halogens is 4. The molecule has 0 spiro atoms. The van der Waals surface area contributed by atoms with Gasteiger partial charge in [0.15, 0.2) is 0 Å². The molecule has 1 fully saturated rings. The average Bonchev–Trinajstić information content (AvgIpc) is 1.90. The second kappa shape index (κ2) is 3.85. The quantitative estimate of drug-likeness (QED) is 0.552. The van der Waals surface area contributed by atoms with E-state index in [2.05, 4.69) is 0 Å². The molecule has 0 bridgehead atoms. The molecule has 0 aromatic carbocycles. The van der Waals surface area contributed by atoms with E-state index < -0.39 is 29.0 Å². The summed E-state index contributed by atoms with van der Waals surface area (Å²) in [4.78, 5) is 10.0. The Bertz CT molecular complexity index is 251. The van der Waals surface area contributed by atoms with Crippen LogP contribution in [-0.2, 0) is 9.53 Å². The van der Waals surface area contributed by atoms with Crippen molar-refractivity contribution < 1.29 is 22.7 Å². The van der Waals surface area contributed by atoms with Crippen molar-refractivity contribution in [1.29, 1.82) is 0 Å². The summed E-state index contributed by atoms with van der Waals surface area (Å²) < 4.78 is 41.0. The van der Waals surface area contributed by atoms with Crippen LogP contribution in [0.3, 0.4) is 0 Å². The van der Waals surface area contributed by atoms with Gasteiger partial charge in [0.25, 0.3) is 0 Å². The van der Waals surface area contributed by atoms with E-state index >= 15 is 0 Å². The maximum Gasteiger partial charge on any atom is 0.392 e. The van der Waals surface area contributed by atoms with Gasteiger partial charge in [0.1, 0.15) is 11.0 Å². The van der Waals surface area contributed by atoms with Crippen molar-refractivity contribution in [3.05, 3.63) is 0 Å². The molecule has 0 aromatic heterocycles. The van der Waals surface area contributed by atoms with Gasteiger partial charge in [-0.25, -0.2) is 0 Å². The normalized spacial score (nSPS) is 27.1. The molecule has 1 rings (SSSR count). The van der Waals surface area contributed by atoms with E-state index in [4.69, 9.17) is 16.3 Å². The first-order valence-electron chi connectivity index (χ1n) is 4.57. The lowest BCUT2D eigenvalue weighted by molar-refractivity contribution is -0.221. The second-order valence-corrected chi connectivity index (χ2v) is 5.15. The van der Waals surface area contributed by atoms with E-state index in [9.17, 15) is 18.0 Å². The van der Waals surface area contributed by atoms with Gasteiger partial charge >= 0.3 is 12.1 Å². The Hall–Kier alpha value is -0.450. The predicted molar refractivity (Wildman–Crippen MR) is 48.6 cm³/mol. The summed E-state index contributed by atoms with van der Waals surface area (Å²) in [6.07, 6.45) is -5.12. The van der Waals surface area contributed by atoms with Crippen LogP contribution in [0.15, 0.2) is 0 Å². The zero-order valence-electron chi connectivity index (χ0n) is 8.40. The molecule has 2 nitrogen and oxygen atoms in total. The molecule has 0 saturated heterocycles. The number of esters is 1. The monoisotopic (exact) mass is 244 g/mol. The Morgan fingerprint density at radius 2 is 1.80 bits per heavy atom. The van der Waals surface area contributed by atoms with Gasteiger partial charge in [0.05, 0.1) is 5.92 Å². The number of hydrogen-bond donors (Lipinski definition) is 0. The molecule has 15 heavy (non-hydrogen) atoms. The van der Waals surface area contributed by atoms with Gasteiger partial charge in [-0.3, -0.25) is 4.79 Å². The minimum Gasteiger partial charge on any atom is -0.461 e. The van der Waals surface area contributed by atoms with E-state index in [1.54, 1.807) is 0 Å². The van der Waals surface area contributed by atoms with Gasteiger partial charge in [-0.05, 0) is 26.7 Å². The Morgan fingerprint density at radius 3 is 2.13 bits per heavy atom. The highest BCUT2D eigenvalue weighted by Crippen LogP contribution is 2.42. The van der Waals surface area contributed by atoms with Gasteiger partial charge in [0.2, 0.25) is 0 Å².